The van der Waals surface area contributed by atoms with E-state index in [0.29, 0.717) is 40.5 Å². The molecule has 6 nitrogen and oxygen atoms in total. The van der Waals surface area contributed by atoms with Crippen molar-refractivity contribution in [2.75, 3.05) is 12.4 Å². The van der Waals surface area contributed by atoms with Crippen LogP contribution in [-0.2, 0) is 13.0 Å². The number of nitriles is 1. The van der Waals surface area contributed by atoms with Gasteiger partial charge in [0.1, 0.15) is 12.4 Å². The summed E-state index contributed by atoms with van der Waals surface area (Å²) in [5.41, 5.74) is 1.51. The standard InChI is InChI=1S/C21H21N3O3S/c1-2-24-20(26)18-5-3-4-6-19(18)23-21(24)28-14-16(25)13-27-17-9-7-15(8-10-17)11-12-22/h3-10,16,25H,2,11,13-14H2,1H3/t16-/m0/s1. The number of aromatic nitrogens is 2. The van der Waals surface area contributed by atoms with Crippen LogP contribution in [0.2, 0.25) is 0 Å². The predicted octanol–water partition coefficient (Wildman–Crippen LogP) is 3.01. The summed E-state index contributed by atoms with van der Waals surface area (Å²) in [7, 11) is 0. The number of aliphatic hydroxyl groups excluding tert-OH is 1. The highest BCUT2D eigenvalue weighted by atomic mass is 32.2. The zero-order chi connectivity index (χ0) is 19.9. The van der Waals surface area contributed by atoms with Gasteiger partial charge in [-0.15, -0.1) is 0 Å². The number of aliphatic hydroxyl groups is 1. The molecule has 28 heavy (non-hydrogen) atoms. The van der Waals surface area contributed by atoms with Gasteiger partial charge >= 0.3 is 0 Å². The second kappa shape index (κ2) is 9.40. The van der Waals surface area contributed by atoms with E-state index in [2.05, 4.69) is 11.1 Å². The fourth-order valence-electron chi connectivity index (χ4n) is 2.74. The Morgan fingerprint density at radius 1 is 1.25 bits per heavy atom. The van der Waals surface area contributed by atoms with E-state index in [0.717, 1.165) is 5.56 Å². The van der Waals surface area contributed by atoms with Crippen LogP contribution in [0.3, 0.4) is 0 Å². The van der Waals surface area contributed by atoms with Crippen molar-refractivity contribution >= 4 is 22.7 Å². The normalized spacial score (nSPS) is 11.9. The first kappa shape index (κ1) is 19.9. The summed E-state index contributed by atoms with van der Waals surface area (Å²) >= 11 is 1.34. The molecule has 0 saturated heterocycles. The molecule has 0 aliphatic carbocycles. The molecule has 0 aliphatic heterocycles. The number of nitrogens with zero attached hydrogens (tertiary/aromatic N) is 3. The van der Waals surface area contributed by atoms with Crippen LogP contribution in [0.4, 0.5) is 0 Å². The lowest BCUT2D eigenvalue weighted by Gasteiger charge is -2.14. The van der Waals surface area contributed by atoms with Crippen LogP contribution in [0.25, 0.3) is 10.9 Å². The Kier molecular flexibility index (Phi) is 6.69. The van der Waals surface area contributed by atoms with Gasteiger partial charge in [0.05, 0.1) is 29.5 Å². The minimum absolute atomic E-state index is 0.0706. The zero-order valence-corrected chi connectivity index (χ0v) is 16.4. The van der Waals surface area contributed by atoms with Crippen LogP contribution in [0.5, 0.6) is 5.75 Å². The molecular formula is C21H21N3O3S. The lowest BCUT2D eigenvalue weighted by Crippen LogP contribution is -2.24. The Morgan fingerprint density at radius 3 is 2.71 bits per heavy atom. The van der Waals surface area contributed by atoms with Crippen LogP contribution >= 0.6 is 11.8 Å². The van der Waals surface area contributed by atoms with Crippen molar-refractivity contribution in [3.8, 4) is 11.8 Å². The molecule has 0 spiro atoms. The monoisotopic (exact) mass is 395 g/mol. The number of para-hydroxylation sites is 1. The second-order valence-electron chi connectivity index (χ2n) is 6.22. The van der Waals surface area contributed by atoms with Crippen molar-refractivity contribution < 1.29 is 9.84 Å². The number of benzene rings is 2. The molecule has 2 aromatic carbocycles. The van der Waals surface area contributed by atoms with Gasteiger partial charge in [-0.05, 0) is 36.8 Å². The summed E-state index contributed by atoms with van der Waals surface area (Å²) < 4.78 is 7.22. The molecule has 0 saturated carbocycles. The Morgan fingerprint density at radius 2 is 2.00 bits per heavy atom. The van der Waals surface area contributed by atoms with Gasteiger partial charge in [0.25, 0.3) is 5.56 Å². The highest BCUT2D eigenvalue weighted by Crippen LogP contribution is 2.19. The number of hydrogen-bond acceptors (Lipinski definition) is 6. The molecule has 1 atom stereocenters. The van der Waals surface area contributed by atoms with Gasteiger partial charge < -0.3 is 9.84 Å². The van der Waals surface area contributed by atoms with Crippen molar-refractivity contribution in [3.63, 3.8) is 0 Å². The molecule has 1 aromatic heterocycles. The SMILES string of the molecule is CCn1c(SC[C@@H](O)COc2ccc(CC#N)cc2)nc2ccccc2c1=O. The van der Waals surface area contributed by atoms with E-state index in [1.54, 1.807) is 22.8 Å². The third-order valence-corrected chi connectivity index (χ3v) is 5.32. The average molecular weight is 395 g/mol. The lowest BCUT2D eigenvalue weighted by atomic mass is 10.2. The maximum absolute atomic E-state index is 12.6. The summed E-state index contributed by atoms with van der Waals surface area (Å²) in [4.78, 5) is 17.2. The van der Waals surface area contributed by atoms with Crippen LogP contribution < -0.4 is 10.3 Å². The minimum atomic E-state index is -0.711. The fraction of sp³-hybridized carbons (Fsp3) is 0.286. The summed E-state index contributed by atoms with van der Waals surface area (Å²) in [6.45, 7) is 2.55. The van der Waals surface area contributed by atoms with Crippen molar-refractivity contribution in [2.24, 2.45) is 0 Å². The Labute approximate surface area is 167 Å². The molecule has 0 aliphatic rings. The Bertz CT molecular complexity index is 1040. The van der Waals surface area contributed by atoms with Crippen molar-refractivity contribution in [3.05, 3.63) is 64.4 Å². The van der Waals surface area contributed by atoms with Crippen molar-refractivity contribution in [2.45, 2.75) is 31.1 Å². The molecule has 1 N–H and O–H groups in total. The summed E-state index contributed by atoms with van der Waals surface area (Å²) in [5, 5.41) is 20.1. The Hall–Kier alpha value is -2.82. The maximum atomic E-state index is 12.6. The van der Waals surface area contributed by atoms with Gasteiger partial charge in [-0.3, -0.25) is 9.36 Å². The highest BCUT2D eigenvalue weighted by Gasteiger charge is 2.13. The van der Waals surface area contributed by atoms with Gasteiger partial charge in [0.15, 0.2) is 5.16 Å². The van der Waals surface area contributed by atoms with E-state index in [9.17, 15) is 9.90 Å². The second-order valence-corrected chi connectivity index (χ2v) is 7.20. The van der Waals surface area contributed by atoms with Crippen LogP contribution in [0, 0.1) is 11.3 Å². The predicted molar refractivity (Wildman–Crippen MR) is 110 cm³/mol. The molecule has 0 bridgehead atoms. The lowest BCUT2D eigenvalue weighted by molar-refractivity contribution is 0.126. The topological polar surface area (TPSA) is 88.1 Å². The Balaban J connectivity index is 1.62. The highest BCUT2D eigenvalue weighted by molar-refractivity contribution is 7.99. The first-order valence-corrected chi connectivity index (χ1v) is 10.00. The largest absolute Gasteiger partial charge is 0.491 e. The van der Waals surface area contributed by atoms with Crippen LogP contribution in [0.1, 0.15) is 12.5 Å². The van der Waals surface area contributed by atoms with Crippen LogP contribution in [-0.4, -0.2) is 33.1 Å². The molecular weight excluding hydrogens is 374 g/mol. The first-order valence-electron chi connectivity index (χ1n) is 9.01. The minimum Gasteiger partial charge on any atom is -0.491 e. The number of rotatable bonds is 8. The number of ether oxygens (including phenoxy) is 1. The molecule has 0 amide bonds. The molecule has 7 heteroatoms. The summed E-state index contributed by atoms with van der Waals surface area (Å²) in [6.07, 6.45) is -0.352. The third kappa shape index (κ3) is 4.71. The fourth-order valence-corrected chi connectivity index (χ4v) is 3.71. The number of thioether (sulfide) groups is 1. The van der Waals surface area contributed by atoms with Gasteiger partial charge in [-0.2, -0.15) is 5.26 Å². The van der Waals surface area contributed by atoms with E-state index in [-0.39, 0.29) is 12.2 Å². The van der Waals surface area contributed by atoms with Crippen molar-refractivity contribution in [1.82, 2.24) is 9.55 Å². The molecule has 0 radical (unpaired) electrons. The molecule has 144 valence electrons. The quantitative estimate of drug-likeness (QED) is 0.466. The molecule has 0 unspecified atom stereocenters. The smallest absolute Gasteiger partial charge is 0.262 e. The van der Waals surface area contributed by atoms with Gasteiger partial charge in [0, 0.05) is 12.3 Å². The zero-order valence-electron chi connectivity index (χ0n) is 15.5. The summed E-state index contributed by atoms with van der Waals surface area (Å²) in [6, 6.07) is 16.6. The van der Waals surface area contributed by atoms with Crippen molar-refractivity contribution in [1.29, 1.82) is 5.26 Å². The average Bonchev–Trinajstić information content (AvgIpc) is 2.72. The van der Waals surface area contributed by atoms with Crippen LogP contribution in [0.15, 0.2) is 58.5 Å². The molecule has 0 fully saturated rings. The molecule has 3 aromatic rings. The summed E-state index contributed by atoms with van der Waals surface area (Å²) in [5.74, 6) is 0.997. The van der Waals surface area contributed by atoms with E-state index in [1.807, 2.05) is 37.3 Å². The van der Waals surface area contributed by atoms with E-state index in [4.69, 9.17) is 10.00 Å². The number of fused-ring (bicyclic) bond motifs is 1. The molecule has 1 heterocycles. The van der Waals surface area contributed by atoms with Gasteiger partial charge in [-0.25, -0.2) is 4.98 Å². The van der Waals surface area contributed by atoms with E-state index < -0.39 is 6.10 Å². The number of hydrogen-bond donors (Lipinski definition) is 1. The maximum Gasteiger partial charge on any atom is 0.262 e. The van der Waals surface area contributed by atoms with Gasteiger partial charge in [-0.1, -0.05) is 36.0 Å². The van der Waals surface area contributed by atoms with Gasteiger partial charge in [0.2, 0.25) is 0 Å². The molecule has 3 rings (SSSR count). The van der Waals surface area contributed by atoms with E-state index in [1.165, 1.54) is 11.8 Å². The first-order chi connectivity index (χ1) is 13.6. The third-order valence-electron chi connectivity index (χ3n) is 4.20. The van der Waals surface area contributed by atoms with E-state index >= 15 is 0 Å².